The quantitative estimate of drug-likeness (QED) is 0.310. The molecule has 4 aromatic rings. The first-order valence-corrected chi connectivity index (χ1v) is 12.7. The van der Waals surface area contributed by atoms with Crippen molar-refractivity contribution in [3.05, 3.63) is 93.5 Å². The van der Waals surface area contributed by atoms with E-state index in [4.69, 9.17) is 19.2 Å². The summed E-state index contributed by atoms with van der Waals surface area (Å²) in [6, 6.07) is 17.9. The molecule has 196 valence electrons. The van der Waals surface area contributed by atoms with Crippen LogP contribution < -0.4 is 15.0 Å². The number of amides is 1. The standard InChI is InChI=1S/C30H31N3O5/c1-19-10-12-23(16-20(19)2)33-28(31-25-9-6-5-8-24(25)30(33)35)21(3)32(14-7-15-36-4)29(34)22-11-13-26-27(17-22)38-18-37-26/h5-6,8-13,16-17,21H,7,14-15,18H2,1-4H3. The second-order valence-corrected chi connectivity index (χ2v) is 9.49. The third-order valence-electron chi connectivity index (χ3n) is 7.02. The van der Waals surface area contributed by atoms with Crippen LogP contribution in [-0.2, 0) is 4.74 Å². The van der Waals surface area contributed by atoms with Crippen LogP contribution in [0.4, 0.5) is 0 Å². The number of nitrogens with zero attached hydrogens (tertiary/aromatic N) is 3. The molecule has 0 spiro atoms. The Hall–Kier alpha value is -4.17. The zero-order valence-electron chi connectivity index (χ0n) is 22.1. The molecule has 0 radical (unpaired) electrons. The van der Waals surface area contributed by atoms with Gasteiger partial charge in [-0.05, 0) is 80.8 Å². The Morgan fingerprint density at radius 3 is 2.63 bits per heavy atom. The molecule has 1 aliphatic heterocycles. The monoisotopic (exact) mass is 513 g/mol. The van der Waals surface area contributed by atoms with E-state index in [2.05, 4.69) is 0 Å². The van der Waals surface area contributed by atoms with Gasteiger partial charge >= 0.3 is 0 Å². The summed E-state index contributed by atoms with van der Waals surface area (Å²) >= 11 is 0. The normalized spacial score (nSPS) is 13.1. The lowest BCUT2D eigenvalue weighted by atomic mass is 10.1. The van der Waals surface area contributed by atoms with Gasteiger partial charge in [-0.15, -0.1) is 0 Å². The first kappa shape index (κ1) is 25.5. The maximum atomic E-state index is 13.9. The summed E-state index contributed by atoms with van der Waals surface area (Å²) in [4.78, 5) is 34.5. The summed E-state index contributed by atoms with van der Waals surface area (Å²) < 4.78 is 17.8. The van der Waals surface area contributed by atoms with E-state index < -0.39 is 6.04 Å². The van der Waals surface area contributed by atoms with Gasteiger partial charge in [-0.25, -0.2) is 4.98 Å². The van der Waals surface area contributed by atoms with Crippen LogP contribution in [0.5, 0.6) is 11.5 Å². The minimum Gasteiger partial charge on any atom is -0.454 e. The minimum absolute atomic E-state index is 0.129. The molecule has 1 aromatic heterocycles. The molecule has 0 aliphatic carbocycles. The zero-order valence-corrected chi connectivity index (χ0v) is 22.1. The van der Waals surface area contributed by atoms with Gasteiger partial charge in [0.2, 0.25) is 6.79 Å². The molecule has 8 heteroatoms. The molecule has 0 saturated carbocycles. The number of fused-ring (bicyclic) bond motifs is 2. The summed E-state index contributed by atoms with van der Waals surface area (Å²) in [5.74, 6) is 1.45. The van der Waals surface area contributed by atoms with E-state index in [1.807, 2.05) is 57.2 Å². The molecule has 1 atom stereocenters. The van der Waals surface area contributed by atoms with Crippen LogP contribution in [0.25, 0.3) is 16.6 Å². The van der Waals surface area contributed by atoms with E-state index in [9.17, 15) is 9.59 Å². The lowest BCUT2D eigenvalue weighted by Gasteiger charge is -2.31. The second-order valence-electron chi connectivity index (χ2n) is 9.49. The Morgan fingerprint density at radius 1 is 1.05 bits per heavy atom. The van der Waals surface area contributed by atoms with Crippen molar-refractivity contribution in [3.8, 4) is 17.2 Å². The molecule has 0 N–H and O–H groups in total. The summed E-state index contributed by atoms with van der Waals surface area (Å²) in [6.45, 7) is 6.99. The predicted molar refractivity (Wildman–Crippen MR) is 145 cm³/mol. The van der Waals surface area contributed by atoms with Crippen molar-refractivity contribution in [2.45, 2.75) is 33.2 Å². The zero-order chi connectivity index (χ0) is 26.8. The van der Waals surface area contributed by atoms with Crippen LogP contribution in [-0.4, -0.2) is 47.4 Å². The smallest absolute Gasteiger partial charge is 0.266 e. The number of carbonyl (C=O) groups is 1. The molecule has 2 heterocycles. The fraction of sp³-hybridized carbons (Fsp3) is 0.300. The fourth-order valence-corrected chi connectivity index (χ4v) is 4.73. The van der Waals surface area contributed by atoms with E-state index in [-0.39, 0.29) is 18.3 Å². The van der Waals surface area contributed by atoms with E-state index in [0.29, 0.717) is 59.0 Å². The van der Waals surface area contributed by atoms with Crippen molar-refractivity contribution in [1.82, 2.24) is 14.5 Å². The van der Waals surface area contributed by atoms with E-state index in [1.54, 1.807) is 40.8 Å². The number of aromatic nitrogens is 2. The van der Waals surface area contributed by atoms with Crippen molar-refractivity contribution in [2.24, 2.45) is 0 Å². The van der Waals surface area contributed by atoms with Gasteiger partial charge in [0.1, 0.15) is 5.82 Å². The summed E-state index contributed by atoms with van der Waals surface area (Å²) in [6.07, 6.45) is 0.624. The van der Waals surface area contributed by atoms with Gasteiger partial charge < -0.3 is 19.1 Å². The highest BCUT2D eigenvalue weighted by Gasteiger charge is 2.28. The van der Waals surface area contributed by atoms with Gasteiger partial charge in [-0.3, -0.25) is 14.2 Å². The van der Waals surface area contributed by atoms with Gasteiger partial charge in [0.15, 0.2) is 11.5 Å². The van der Waals surface area contributed by atoms with Crippen molar-refractivity contribution in [3.63, 3.8) is 0 Å². The first-order valence-electron chi connectivity index (χ1n) is 12.7. The third-order valence-corrected chi connectivity index (χ3v) is 7.02. The lowest BCUT2D eigenvalue weighted by molar-refractivity contribution is 0.0657. The summed E-state index contributed by atoms with van der Waals surface area (Å²) in [7, 11) is 1.63. The molecule has 1 unspecified atom stereocenters. The number of hydrogen-bond donors (Lipinski definition) is 0. The highest BCUT2D eigenvalue weighted by molar-refractivity contribution is 5.95. The van der Waals surface area contributed by atoms with Crippen LogP contribution >= 0.6 is 0 Å². The SMILES string of the molecule is COCCCN(C(=O)c1ccc2c(c1)OCO2)C(C)c1nc2ccccc2c(=O)n1-c1ccc(C)c(C)c1. The number of carbonyl (C=O) groups excluding carboxylic acids is 1. The van der Waals surface area contributed by atoms with Gasteiger partial charge in [0.05, 0.1) is 22.6 Å². The molecule has 0 bridgehead atoms. The predicted octanol–water partition coefficient (Wildman–Crippen LogP) is 4.97. The van der Waals surface area contributed by atoms with Gasteiger partial charge in [0.25, 0.3) is 11.5 Å². The number of benzene rings is 3. The molecule has 3 aromatic carbocycles. The van der Waals surface area contributed by atoms with Gasteiger partial charge in [-0.2, -0.15) is 0 Å². The molecule has 5 rings (SSSR count). The van der Waals surface area contributed by atoms with Crippen LogP contribution in [0, 0.1) is 13.8 Å². The van der Waals surface area contributed by atoms with Crippen molar-refractivity contribution in [2.75, 3.05) is 27.1 Å². The summed E-state index contributed by atoms with van der Waals surface area (Å²) in [5.41, 5.74) is 3.80. The molecule has 0 fully saturated rings. The number of rotatable bonds is 8. The average Bonchev–Trinajstić information content (AvgIpc) is 3.40. The maximum absolute atomic E-state index is 13.9. The van der Waals surface area contributed by atoms with Crippen LogP contribution in [0.3, 0.4) is 0 Å². The second kappa shape index (κ2) is 10.7. The Labute approximate surface area is 221 Å². The lowest BCUT2D eigenvalue weighted by Crippen LogP contribution is -2.38. The van der Waals surface area contributed by atoms with E-state index in [0.717, 1.165) is 11.1 Å². The molecule has 1 amide bonds. The number of para-hydroxylation sites is 1. The number of hydrogen-bond acceptors (Lipinski definition) is 6. The van der Waals surface area contributed by atoms with Gasteiger partial charge in [0, 0.05) is 25.8 Å². The van der Waals surface area contributed by atoms with Crippen molar-refractivity contribution >= 4 is 16.8 Å². The average molecular weight is 514 g/mol. The van der Waals surface area contributed by atoms with Crippen LogP contribution in [0.15, 0.2) is 65.5 Å². The molecule has 38 heavy (non-hydrogen) atoms. The van der Waals surface area contributed by atoms with Gasteiger partial charge in [-0.1, -0.05) is 18.2 Å². The number of ether oxygens (including phenoxy) is 3. The Morgan fingerprint density at radius 2 is 1.84 bits per heavy atom. The van der Waals surface area contributed by atoms with Crippen molar-refractivity contribution in [1.29, 1.82) is 0 Å². The largest absolute Gasteiger partial charge is 0.454 e. The molecule has 8 nitrogen and oxygen atoms in total. The highest BCUT2D eigenvalue weighted by atomic mass is 16.7. The molecule has 0 saturated heterocycles. The summed E-state index contributed by atoms with van der Waals surface area (Å²) in [5, 5.41) is 0.523. The van der Waals surface area contributed by atoms with Crippen LogP contribution in [0.2, 0.25) is 0 Å². The third kappa shape index (κ3) is 4.75. The Kier molecular flexibility index (Phi) is 7.15. The first-order chi connectivity index (χ1) is 18.4. The highest BCUT2D eigenvalue weighted by Crippen LogP contribution is 2.34. The Bertz CT molecular complexity index is 1560. The van der Waals surface area contributed by atoms with Crippen molar-refractivity contribution < 1.29 is 19.0 Å². The van der Waals surface area contributed by atoms with Crippen LogP contribution in [0.1, 0.15) is 46.7 Å². The van der Waals surface area contributed by atoms with E-state index >= 15 is 0 Å². The number of aryl methyl sites for hydroxylation is 2. The minimum atomic E-state index is -0.524. The number of methoxy groups -OCH3 is 1. The maximum Gasteiger partial charge on any atom is 0.266 e. The molecule has 1 aliphatic rings. The molecular formula is C30H31N3O5. The topological polar surface area (TPSA) is 82.9 Å². The van der Waals surface area contributed by atoms with E-state index in [1.165, 1.54) is 0 Å². The molecular weight excluding hydrogens is 482 g/mol. The Balaban J connectivity index is 1.64. The fourth-order valence-electron chi connectivity index (χ4n) is 4.73.